The van der Waals surface area contributed by atoms with Crippen molar-refractivity contribution in [3.05, 3.63) is 0 Å². The van der Waals surface area contributed by atoms with Gasteiger partial charge in [-0.15, -0.1) is 10.6 Å². The maximum Gasteiger partial charge on any atom is 0.142 e. The minimum Gasteiger partial charge on any atom is -0.393 e. The van der Waals surface area contributed by atoms with Crippen LogP contribution in [0, 0.1) is 0 Å². The van der Waals surface area contributed by atoms with Gasteiger partial charge in [-0.3, -0.25) is 5.01 Å². The lowest BCUT2D eigenvalue weighted by Crippen LogP contribution is -2.40. The van der Waals surface area contributed by atoms with E-state index in [2.05, 4.69) is 16.2 Å². The highest BCUT2D eigenvalue weighted by Crippen LogP contribution is 2.12. The fraction of sp³-hybridized carbons (Fsp3) is 0.833. The Labute approximate surface area is 65.0 Å². The van der Waals surface area contributed by atoms with E-state index in [1.807, 2.05) is 5.01 Å². The molecule has 2 aliphatic heterocycles. The molecule has 5 heteroatoms. The lowest BCUT2D eigenvalue weighted by atomic mass is 10.2. The fourth-order valence-corrected chi connectivity index (χ4v) is 1.37. The zero-order valence-corrected chi connectivity index (χ0v) is 6.25. The molecule has 0 radical (unpaired) electrons. The van der Waals surface area contributed by atoms with Gasteiger partial charge in [0.15, 0.2) is 0 Å². The number of rotatable bonds is 0. The average Bonchev–Trinajstić information content (AvgIpc) is 2.38. The summed E-state index contributed by atoms with van der Waals surface area (Å²) in [7, 11) is 0. The summed E-state index contributed by atoms with van der Waals surface area (Å²) in [5.41, 5.74) is 5.58. The number of hydrazone groups is 1. The number of nitrogens with one attached hydrogen (secondary N) is 2. The lowest BCUT2D eigenvalue weighted by molar-refractivity contribution is 0.149. The molecule has 0 aromatic carbocycles. The Morgan fingerprint density at radius 2 is 2.45 bits per heavy atom. The second-order valence-electron chi connectivity index (χ2n) is 2.88. The van der Waals surface area contributed by atoms with Gasteiger partial charge in [-0.2, -0.15) is 0 Å². The van der Waals surface area contributed by atoms with Gasteiger partial charge in [-0.25, -0.2) is 5.53 Å². The summed E-state index contributed by atoms with van der Waals surface area (Å²) in [6.45, 7) is 0.826. The molecule has 0 aliphatic carbocycles. The fourth-order valence-electron chi connectivity index (χ4n) is 1.37. The van der Waals surface area contributed by atoms with E-state index >= 15 is 0 Å². The van der Waals surface area contributed by atoms with Crippen molar-refractivity contribution in [1.82, 2.24) is 16.1 Å². The molecule has 0 amide bonds. The number of aliphatic hydroxyl groups is 1. The minimum absolute atomic E-state index is 0.162. The van der Waals surface area contributed by atoms with E-state index in [1.165, 1.54) is 0 Å². The quantitative estimate of drug-likeness (QED) is 0.428. The van der Waals surface area contributed by atoms with Gasteiger partial charge in [0.05, 0.1) is 6.10 Å². The van der Waals surface area contributed by atoms with Crippen molar-refractivity contribution in [2.24, 2.45) is 5.10 Å². The maximum atomic E-state index is 9.31. The molecule has 2 aliphatic rings. The molecule has 0 saturated carbocycles. The van der Waals surface area contributed by atoms with Crippen LogP contribution in [0.15, 0.2) is 5.10 Å². The first-order valence-electron chi connectivity index (χ1n) is 3.89. The summed E-state index contributed by atoms with van der Waals surface area (Å²) in [6, 6.07) is 0. The highest BCUT2D eigenvalue weighted by atomic mass is 16.3. The van der Waals surface area contributed by atoms with E-state index in [4.69, 9.17) is 0 Å². The molecule has 3 N–H and O–H groups in total. The minimum atomic E-state index is -0.162. The van der Waals surface area contributed by atoms with Crippen LogP contribution in [0.3, 0.4) is 0 Å². The van der Waals surface area contributed by atoms with Gasteiger partial charge < -0.3 is 5.11 Å². The largest absolute Gasteiger partial charge is 0.393 e. The maximum absolute atomic E-state index is 9.31. The zero-order valence-electron chi connectivity index (χ0n) is 6.25. The lowest BCUT2D eigenvalue weighted by Gasteiger charge is -2.15. The molecule has 1 unspecified atom stereocenters. The van der Waals surface area contributed by atoms with Crippen molar-refractivity contribution < 1.29 is 5.11 Å². The summed E-state index contributed by atoms with van der Waals surface area (Å²) >= 11 is 0. The topological polar surface area (TPSA) is 59.9 Å². The molecule has 1 fully saturated rings. The number of amidine groups is 1. The van der Waals surface area contributed by atoms with Crippen molar-refractivity contribution in [2.75, 3.05) is 6.54 Å². The zero-order chi connectivity index (χ0) is 7.68. The van der Waals surface area contributed by atoms with Crippen LogP contribution in [0.4, 0.5) is 0 Å². The van der Waals surface area contributed by atoms with Gasteiger partial charge in [-0.05, 0) is 12.8 Å². The van der Waals surface area contributed by atoms with Crippen molar-refractivity contribution in [3.8, 4) is 0 Å². The molecule has 2 heterocycles. The third kappa shape index (κ3) is 1.29. The van der Waals surface area contributed by atoms with Crippen LogP contribution >= 0.6 is 0 Å². The molecule has 0 aromatic rings. The highest BCUT2D eigenvalue weighted by Gasteiger charge is 2.22. The van der Waals surface area contributed by atoms with Crippen LogP contribution in [-0.4, -0.2) is 28.6 Å². The van der Waals surface area contributed by atoms with E-state index in [0.717, 1.165) is 31.6 Å². The number of aliphatic hydroxyl groups excluding tert-OH is 1. The highest BCUT2D eigenvalue weighted by molar-refractivity contribution is 5.82. The van der Waals surface area contributed by atoms with Gasteiger partial charge >= 0.3 is 0 Å². The number of hydrogen-bond acceptors (Lipinski definition) is 5. The molecule has 11 heavy (non-hydrogen) atoms. The summed E-state index contributed by atoms with van der Waals surface area (Å²) in [5, 5.41) is 15.3. The Balaban J connectivity index is 2.04. The van der Waals surface area contributed by atoms with E-state index in [-0.39, 0.29) is 6.10 Å². The van der Waals surface area contributed by atoms with Gasteiger partial charge in [0.25, 0.3) is 0 Å². The standard InChI is InChI=1S/C6H12N4O/c11-5-1-2-6-7-8-9-10(6)4-3-5/h5,8-9,11H,1-4H2. The molecule has 1 saturated heterocycles. The van der Waals surface area contributed by atoms with Gasteiger partial charge in [0.2, 0.25) is 0 Å². The van der Waals surface area contributed by atoms with Crippen molar-refractivity contribution >= 4 is 5.84 Å². The second kappa shape index (κ2) is 2.67. The predicted molar refractivity (Wildman–Crippen MR) is 40.3 cm³/mol. The molecule has 5 nitrogen and oxygen atoms in total. The molecule has 0 spiro atoms. The molecule has 0 aromatic heterocycles. The van der Waals surface area contributed by atoms with E-state index in [1.54, 1.807) is 0 Å². The number of fused-ring (bicyclic) bond motifs is 1. The van der Waals surface area contributed by atoms with E-state index in [9.17, 15) is 5.11 Å². The molecule has 62 valence electrons. The van der Waals surface area contributed by atoms with Crippen LogP contribution in [0.1, 0.15) is 19.3 Å². The average molecular weight is 156 g/mol. The second-order valence-corrected chi connectivity index (χ2v) is 2.88. The van der Waals surface area contributed by atoms with Gasteiger partial charge in [0, 0.05) is 13.0 Å². The van der Waals surface area contributed by atoms with E-state index < -0.39 is 0 Å². The number of hydrogen-bond donors (Lipinski definition) is 3. The summed E-state index contributed by atoms with van der Waals surface area (Å²) < 4.78 is 0. The summed E-state index contributed by atoms with van der Waals surface area (Å²) in [6.07, 6.45) is 2.32. The normalized spacial score (nSPS) is 30.5. The number of hydrazine groups is 2. The van der Waals surface area contributed by atoms with Crippen molar-refractivity contribution in [3.63, 3.8) is 0 Å². The number of nitrogens with zero attached hydrogens (tertiary/aromatic N) is 2. The van der Waals surface area contributed by atoms with Crippen LogP contribution < -0.4 is 11.1 Å². The molecular formula is C6H12N4O. The van der Waals surface area contributed by atoms with E-state index in [0.29, 0.717) is 0 Å². The molecule has 2 rings (SSSR count). The van der Waals surface area contributed by atoms with Crippen LogP contribution in [-0.2, 0) is 0 Å². The summed E-state index contributed by atoms with van der Waals surface area (Å²) in [4.78, 5) is 0. The van der Waals surface area contributed by atoms with Crippen LogP contribution in [0.25, 0.3) is 0 Å². The Kier molecular flexibility index (Phi) is 1.67. The van der Waals surface area contributed by atoms with Gasteiger partial charge in [0.1, 0.15) is 5.84 Å². The Morgan fingerprint density at radius 3 is 3.36 bits per heavy atom. The van der Waals surface area contributed by atoms with Crippen LogP contribution in [0.2, 0.25) is 0 Å². The van der Waals surface area contributed by atoms with Crippen LogP contribution in [0.5, 0.6) is 0 Å². The molecule has 1 atom stereocenters. The Hall–Kier alpha value is -0.810. The predicted octanol–water partition coefficient (Wildman–Crippen LogP) is -0.831. The Morgan fingerprint density at radius 1 is 1.55 bits per heavy atom. The first-order valence-corrected chi connectivity index (χ1v) is 3.89. The third-order valence-corrected chi connectivity index (χ3v) is 2.07. The Bertz CT molecular complexity index is 181. The summed E-state index contributed by atoms with van der Waals surface area (Å²) in [5.74, 6) is 1.00. The SMILES string of the molecule is OC1CCC2=NNNN2CC1. The first kappa shape index (κ1) is 6.87. The van der Waals surface area contributed by atoms with Crippen molar-refractivity contribution in [1.29, 1.82) is 0 Å². The van der Waals surface area contributed by atoms with Gasteiger partial charge in [-0.1, -0.05) is 0 Å². The third-order valence-electron chi connectivity index (χ3n) is 2.07. The smallest absolute Gasteiger partial charge is 0.142 e. The molecular weight excluding hydrogens is 144 g/mol. The monoisotopic (exact) mass is 156 g/mol. The first-order chi connectivity index (χ1) is 5.36. The van der Waals surface area contributed by atoms with Crippen molar-refractivity contribution in [2.45, 2.75) is 25.4 Å². The molecule has 0 bridgehead atoms.